The van der Waals surface area contributed by atoms with E-state index in [0.717, 1.165) is 51.1 Å². The highest BCUT2D eigenvalue weighted by Crippen LogP contribution is 2.48. The summed E-state index contributed by atoms with van der Waals surface area (Å²) >= 11 is 0. The minimum absolute atomic E-state index is 0.161. The van der Waals surface area contributed by atoms with E-state index >= 15 is 0 Å². The molecule has 0 aliphatic heterocycles. The third kappa shape index (κ3) is 11.5. The van der Waals surface area contributed by atoms with Crippen molar-refractivity contribution in [2.24, 2.45) is 0 Å². The van der Waals surface area contributed by atoms with E-state index in [-0.39, 0.29) is 35.0 Å². The van der Waals surface area contributed by atoms with Gasteiger partial charge in [0.25, 0.3) is 0 Å². The summed E-state index contributed by atoms with van der Waals surface area (Å²) in [5, 5.41) is 0. The van der Waals surface area contributed by atoms with Crippen molar-refractivity contribution >= 4 is 0 Å². The first-order valence-corrected chi connectivity index (χ1v) is 33.3. The molecule has 3 aromatic heterocycles. The number of imidazole rings is 3. The van der Waals surface area contributed by atoms with Crippen molar-refractivity contribution in [2.75, 3.05) is 0 Å². The van der Waals surface area contributed by atoms with Gasteiger partial charge < -0.3 is 9.13 Å². The first kappa shape index (κ1) is 62.8. The van der Waals surface area contributed by atoms with Gasteiger partial charge in [0.05, 0.1) is 33.6 Å². The molecule has 9 aromatic carbocycles. The van der Waals surface area contributed by atoms with Gasteiger partial charge in [0.2, 0.25) is 0 Å². The molecule has 0 aliphatic rings. The SMILES string of the molecule is CC(C)c1cc(-c2ccccc2)cc(C(C)C)c1-n1cc([C@](C)(c2ccccc2)c2nccn2-c2c(C(C)C)cc(-c3ccccc3)cc2C(C)C)nc1-c1cccc(C(C)(c2ccccc2)c2nccn2-c2c(C(C)C)cc(-c3ccccc3)cc2C(C)(C)C)c1. The zero-order valence-electron chi connectivity index (χ0n) is 56.7. The lowest BCUT2D eigenvalue weighted by molar-refractivity contribution is 0.574. The predicted octanol–water partition coefficient (Wildman–Crippen LogP) is 22.5. The molecule has 12 aromatic rings. The number of rotatable bonds is 18. The molecule has 464 valence electrons. The van der Waals surface area contributed by atoms with Gasteiger partial charge in [-0.05, 0) is 175 Å². The summed E-state index contributed by atoms with van der Waals surface area (Å²) < 4.78 is 7.27. The molecule has 6 nitrogen and oxygen atoms in total. The highest BCUT2D eigenvalue weighted by Gasteiger charge is 2.42. The van der Waals surface area contributed by atoms with Crippen molar-refractivity contribution in [3.05, 3.63) is 311 Å². The number of hydrogen-bond donors (Lipinski definition) is 0. The fourth-order valence-corrected chi connectivity index (χ4v) is 14.0. The maximum absolute atomic E-state index is 6.16. The Morgan fingerprint density at radius 1 is 0.315 bits per heavy atom. The summed E-state index contributed by atoms with van der Waals surface area (Å²) in [5.74, 6) is 3.64. The van der Waals surface area contributed by atoms with E-state index in [0.29, 0.717) is 0 Å². The summed E-state index contributed by atoms with van der Waals surface area (Å²) in [6.45, 7) is 35.0. The first-order chi connectivity index (χ1) is 44.2. The van der Waals surface area contributed by atoms with Crippen LogP contribution in [0.5, 0.6) is 0 Å². The fourth-order valence-electron chi connectivity index (χ4n) is 14.0. The standard InChI is InChI=1S/C86H90N6/c1-56(2)71-49-65(61-32-21-16-22-33-61)50-72(57(3)4)78(71)90-46-44-88-83(90)86(15,69-41-29-20-30-42-69)77-55-92(79-73(58(5)6)51-66(52-74(79)59(7)8)62-34-23-17-24-35-62)81(89-77)64-38-31-43-70(48-64)85(14,68-39-27-19-28-40-68)82-87-45-47-91(82)80-75(60(9)10)53-67(54-76(80)84(11,12)13)63-36-25-18-26-37-63/h16-60H,1-15H3/t85?,86-/m0/s1. The Hall–Kier alpha value is -9.39. The van der Waals surface area contributed by atoms with Crippen LogP contribution in [0.15, 0.2) is 243 Å². The summed E-state index contributed by atoms with van der Waals surface area (Å²) in [5.41, 5.74) is 21.8. The van der Waals surface area contributed by atoms with Gasteiger partial charge >= 0.3 is 0 Å². The number of hydrogen-bond acceptors (Lipinski definition) is 3. The van der Waals surface area contributed by atoms with Crippen LogP contribution in [0, 0.1) is 0 Å². The Bertz CT molecular complexity index is 4480. The summed E-state index contributed by atoms with van der Waals surface area (Å²) in [4.78, 5) is 17.2. The molecule has 0 saturated heterocycles. The molecule has 0 fully saturated rings. The van der Waals surface area contributed by atoms with Crippen LogP contribution in [0.4, 0.5) is 0 Å². The molecule has 6 heteroatoms. The maximum Gasteiger partial charge on any atom is 0.144 e. The molecule has 0 N–H and O–H groups in total. The van der Waals surface area contributed by atoms with Gasteiger partial charge in [-0.1, -0.05) is 260 Å². The van der Waals surface area contributed by atoms with E-state index in [4.69, 9.17) is 15.0 Å². The molecule has 0 bridgehead atoms. The zero-order chi connectivity index (χ0) is 64.8. The van der Waals surface area contributed by atoms with Crippen molar-refractivity contribution in [1.82, 2.24) is 28.7 Å². The van der Waals surface area contributed by atoms with E-state index in [1.54, 1.807) is 0 Å². The summed E-state index contributed by atoms with van der Waals surface area (Å²) in [7, 11) is 0. The average molecular weight is 1210 g/mol. The van der Waals surface area contributed by atoms with E-state index in [1.807, 2.05) is 12.4 Å². The van der Waals surface area contributed by atoms with Crippen LogP contribution < -0.4 is 0 Å². The molecule has 1 unspecified atom stereocenters. The Balaban J connectivity index is 1.14. The first-order valence-electron chi connectivity index (χ1n) is 33.3. The summed E-state index contributed by atoms with van der Waals surface area (Å²) in [6.07, 6.45) is 10.7. The third-order valence-electron chi connectivity index (χ3n) is 19.2. The second kappa shape index (κ2) is 25.4. The number of nitrogens with zero attached hydrogens (tertiary/aromatic N) is 6. The van der Waals surface area contributed by atoms with Gasteiger partial charge in [0, 0.05) is 36.5 Å². The second-order valence-corrected chi connectivity index (χ2v) is 28.2. The van der Waals surface area contributed by atoms with Crippen LogP contribution >= 0.6 is 0 Å². The van der Waals surface area contributed by atoms with Crippen LogP contribution in [-0.2, 0) is 16.2 Å². The van der Waals surface area contributed by atoms with Crippen molar-refractivity contribution in [1.29, 1.82) is 0 Å². The largest absolute Gasteiger partial charge is 0.302 e. The Morgan fingerprint density at radius 2 is 0.652 bits per heavy atom. The molecule has 3 heterocycles. The van der Waals surface area contributed by atoms with Crippen molar-refractivity contribution in [3.63, 3.8) is 0 Å². The van der Waals surface area contributed by atoms with Gasteiger partial charge in [-0.25, -0.2) is 15.0 Å². The third-order valence-corrected chi connectivity index (χ3v) is 19.2. The van der Waals surface area contributed by atoms with Crippen LogP contribution in [0.1, 0.15) is 201 Å². The van der Waals surface area contributed by atoms with Crippen molar-refractivity contribution in [3.8, 4) is 61.8 Å². The van der Waals surface area contributed by atoms with E-state index in [2.05, 4.69) is 348 Å². The molecule has 92 heavy (non-hydrogen) atoms. The minimum Gasteiger partial charge on any atom is -0.302 e. The Morgan fingerprint density at radius 3 is 1.07 bits per heavy atom. The van der Waals surface area contributed by atoms with Gasteiger partial charge in [-0.2, -0.15) is 0 Å². The highest BCUT2D eigenvalue weighted by atomic mass is 15.1. The van der Waals surface area contributed by atoms with E-state index in [1.165, 1.54) is 78.1 Å². The summed E-state index contributed by atoms with van der Waals surface area (Å²) in [6, 6.07) is 78.2. The monoisotopic (exact) mass is 1210 g/mol. The van der Waals surface area contributed by atoms with Crippen molar-refractivity contribution < 1.29 is 0 Å². The van der Waals surface area contributed by atoms with Gasteiger partial charge in [-0.3, -0.25) is 4.57 Å². The Labute approximate surface area is 547 Å². The van der Waals surface area contributed by atoms with Gasteiger partial charge in [-0.15, -0.1) is 0 Å². The second-order valence-electron chi connectivity index (χ2n) is 28.2. The predicted molar refractivity (Wildman–Crippen MR) is 386 cm³/mol. The quantitative estimate of drug-likeness (QED) is 0.0860. The normalized spacial score (nSPS) is 13.4. The zero-order valence-corrected chi connectivity index (χ0v) is 56.7. The van der Waals surface area contributed by atoms with Crippen LogP contribution in [0.3, 0.4) is 0 Å². The number of benzene rings is 9. The highest BCUT2D eigenvalue weighted by molar-refractivity contribution is 5.75. The maximum atomic E-state index is 6.16. The molecule has 12 rings (SSSR count). The van der Waals surface area contributed by atoms with Gasteiger partial charge in [0.15, 0.2) is 0 Å². The molecular formula is C86H90N6. The van der Waals surface area contributed by atoms with Gasteiger partial charge in [0.1, 0.15) is 17.5 Å². The lowest BCUT2D eigenvalue weighted by atomic mass is 9.74. The fraction of sp³-hybridized carbons (Fsp3) is 0.267. The molecule has 0 spiro atoms. The minimum atomic E-state index is -0.888. The molecule has 2 atom stereocenters. The molecule has 0 amide bonds. The number of aromatic nitrogens is 6. The van der Waals surface area contributed by atoms with Crippen LogP contribution in [0.2, 0.25) is 0 Å². The van der Waals surface area contributed by atoms with E-state index < -0.39 is 10.8 Å². The van der Waals surface area contributed by atoms with E-state index in [9.17, 15) is 0 Å². The lowest BCUT2D eigenvalue weighted by Crippen LogP contribution is -2.30. The average Bonchev–Trinajstić information content (AvgIpc) is 1.51. The molecule has 0 radical (unpaired) electrons. The van der Waals surface area contributed by atoms with Crippen LogP contribution in [0.25, 0.3) is 61.8 Å². The lowest BCUT2D eigenvalue weighted by Gasteiger charge is -2.34. The van der Waals surface area contributed by atoms with Crippen molar-refractivity contribution in [2.45, 2.75) is 150 Å². The topological polar surface area (TPSA) is 53.5 Å². The Kier molecular flexibility index (Phi) is 17.3. The smallest absolute Gasteiger partial charge is 0.144 e. The molecular weight excluding hydrogens is 1120 g/mol. The van der Waals surface area contributed by atoms with Crippen LogP contribution in [-0.4, -0.2) is 28.7 Å². The molecule has 0 aliphatic carbocycles. The molecule has 0 saturated carbocycles.